The fourth-order valence-corrected chi connectivity index (χ4v) is 2.39. The van der Waals surface area contributed by atoms with Gasteiger partial charge in [0.1, 0.15) is 0 Å². The Morgan fingerprint density at radius 1 is 0.769 bits per heavy atom. The molecule has 2 N–H and O–H groups in total. The SMILES string of the molecule is COC(C)(CCOOC1(OOCCC(C)(OC)OO)CCCCC1)OO. The van der Waals surface area contributed by atoms with E-state index in [0.717, 1.165) is 19.3 Å². The Morgan fingerprint density at radius 3 is 1.54 bits per heavy atom. The molecule has 0 amide bonds. The van der Waals surface area contributed by atoms with Gasteiger partial charge in [0.15, 0.2) is 0 Å². The van der Waals surface area contributed by atoms with Crippen LogP contribution in [0.3, 0.4) is 0 Å². The average molecular weight is 384 g/mol. The maximum absolute atomic E-state index is 8.83. The molecule has 0 radical (unpaired) electrons. The van der Waals surface area contributed by atoms with Crippen LogP contribution in [0.5, 0.6) is 0 Å². The van der Waals surface area contributed by atoms with E-state index in [1.54, 1.807) is 13.8 Å². The smallest absolute Gasteiger partial charge is 0.233 e. The second kappa shape index (κ2) is 11.4. The molecule has 10 heteroatoms. The van der Waals surface area contributed by atoms with Gasteiger partial charge in [-0.25, -0.2) is 30.1 Å². The molecule has 1 rings (SSSR count). The van der Waals surface area contributed by atoms with E-state index < -0.39 is 17.4 Å². The summed E-state index contributed by atoms with van der Waals surface area (Å²) in [5.74, 6) is -3.35. The third-order valence-corrected chi connectivity index (χ3v) is 4.57. The van der Waals surface area contributed by atoms with E-state index in [1.165, 1.54) is 14.2 Å². The fraction of sp³-hybridized carbons (Fsp3) is 1.00. The molecular formula is C16H32O10. The van der Waals surface area contributed by atoms with Gasteiger partial charge in [-0.05, 0) is 26.7 Å². The molecule has 2 unspecified atom stereocenters. The van der Waals surface area contributed by atoms with Crippen LogP contribution in [0.25, 0.3) is 0 Å². The number of methoxy groups -OCH3 is 2. The van der Waals surface area contributed by atoms with Crippen LogP contribution >= 0.6 is 0 Å². The first-order valence-electron chi connectivity index (χ1n) is 8.73. The van der Waals surface area contributed by atoms with Gasteiger partial charge in [0, 0.05) is 39.9 Å². The molecule has 0 aromatic rings. The Kier molecular flexibility index (Phi) is 10.4. The monoisotopic (exact) mass is 384 g/mol. The highest BCUT2D eigenvalue weighted by Gasteiger charge is 2.38. The zero-order valence-electron chi connectivity index (χ0n) is 16.0. The van der Waals surface area contributed by atoms with Crippen molar-refractivity contribution >= 4 is 0 Å². The fourth-order valence-electron chi connectivity index (χ4n) is 2.39. The number of hydrogen-bond donors (Lipinski definition) is 2. The number of ether oxygens (including phenoxy) is 2. The molecule has 0 saturated heterocycles. The van der Waals surface area contributed by atoms with Crippen LogP contribution in [0.2, 0.25) is 0 Å². The summed E-state index contributed by atoms with van der Waals surface area (Å²) < 4.78 is 10.1. The number of hydrogen-bond acceptors (Lipinski definition) is 10. The van der Waals surface area contributed by atoms with Gasteiger partial charge in [-0.1, -0.05) is 6.42 Å². The lowest BCUT2D eigenvalue weighted by Gasteiger charge is -2.34. The van der Waals surface area contributed by atoms with Crippen molar-refractivity contribution < 1.29 is 49.3 Å². The standard InChI is InChI=1S/C16H32O10/c1-14(19-3,23-17)10-12-21-25-16(8-6-5-7-9-16)26-22-13-11-15(2,20-4)24-18/h17-18H,5-13H2,1-4H3. The molecule has 0 aromatic heterocycles. The van der Waals surface area contributed by atoms with E-state index in [9.17, 15) is 0 Å². The van der Waals surface area contributed by atoms with E-state index in [0.29, 0.717) is 12.8 Å². The van der Waals surface area contributed by atoms with Gasteiger partial charge in [-0.3, -0.25) is 0 Å². The predicted octanol–water partition coefficient (Wildman–Crippen LogP) is 3.03. The molecule has 156 valence electrons. The first-order chi connectivity index (χ1) is 12.4. The van der Waals surface area contributed by atoms with E-state index in [1.807, 2.05) is 0 Å². The van der Waals surface area contributed by atoms with Crippen molar-refractivity contribution in [1.82, 2.24) is 0 Å². The van der Waals surface area contributed by atoms with E-state index in [-0.39, 0.29) is 26.1 Å². The summed E-state index contributed by atoms with van der Waals surface area (Å²) >= 11 is 0. The maximum Gasteiger partial charge on any atom is 0.233 e. The minimum absolute atomic E-state index is 0.121. The average Bonchev–Trinajstić information content (AvgIpc) is 2.69. The van der Waals surface area contributed by atoms with Crippen molar-refractivity contribution in [2.45, 2.75) is 76.2 Å². The minimum Gasteiger partial charge on any atom is -0.351 e. The highest BCUT2D eigenvalue weighted by Crippen LogP contribution is 2.33. The van der Waals surface area contributed by atoms with Gasteiger partial charge in [0.05, 0.1) is 13.2 Å². The summed E-state index contributed by atoms with van der Waals surface area (Å²) in [4.78, 5) is 30.0. The van der Waals surface area contributed by atoms with Crippen LogP contribution in [0.1, 0.15) is 58.8 Å². The summed E-state index contributed by atoms with van der Waals surface area (Å²) in [6, 6.07) is 0. The Balaban J connectivity index is 2.41. The van der Waals surface area contributed by atoms with Crippen LogP contribution in [0.15, 0.2) is 0 Å². The van der Waals surface area contributed by atoms with E-state index in [2.05, 4.69) is 9.78 Å². The zero-order valence-corrected chi connectivity index (χ0v) is 16.0. The summed E-state index contributed by atoms with van der Waals surface area (Å²) in [5.41, 5.74) is 0. The van der Waals surface area contributed by atoms with Crippen molar-refractivity contribution in [3.05, 3.63) is 0 Å². The Hall–Kier alpha value is -0.400. The van der Waals surface area contributed by atoms with Crippen molar-refractivity contribution in [2.75, 3.05) is 27.4 Å². The summed E-state index contributed by atoms with van der Waals surface area (Å²) in [6.45, 7) is 3.39. The molecule has 0 spiro atoms. The molecule has 0 bridgehead atoms. The molecule has 2 atom stereocenters. The molecule has 0 aliphatic heterocycles. The Morgan fingerprint density at radius 2 is 1.19 bits per heavy atom. The van der Waals surface area contributed by atoms with Crippen molar-refractivity contribution in [1.29, 1.82) is 0 Å². The minimum atomic E-state index is -1.17. The van der Waals surface area contributed by atoms with Gasteiger partial charge in [0.25, 0.3) is 0 Å². The Bertz CT molecular complexity index is 336. The van der Waals surface area contributed by atoms with Crippen LogP contribution in [-0.4, -0.2) is 55.3 Å². The molecule has 1 aliphatic carbocycles. The normalized spacial score (nSPS) is 21.9. The second-order valence-corrected chi connectivity index (χ2v) is 6.64. The van der Waals surface area contributed by atoms with Crippen molar-refractivity contribution in [3.8, 4) is 0 Å². The van der Waals surface area contributed by atoms with Crippen LogP contribution < -0.4 is 0 Å². The molecule has 1 fully saturated rings. The first-order valence-corrected chi connectivity index (χ1v) is 8.73. The third-order valence-electron chi connectivity index (χ3n) is 4.57. The van der Waals surface area contributed by atoms with Crippen LogP contribution in [0.4, 0.5) is 0 Å². The lowest BCUT2D eigenvalue weighted by Crippen LogP contribution is -2.40. The lowest BCUT2D eigenvalue weighted by molar-refractivity contribution is -0.521. The van der Waals surface area contributed by atoms with Crippen molar-refractivity contribution in [2.24, 2.45) is 0 Å². The van der Waals surface area contributed by atoms with E-state index in [4.69, 9.17) is 39.5 Å². The van der Waals surface area contributed by atoms with Gasteiger partial charge >= 0.3 is 0 Å². The van der Waals surface area contributed by atoms with Gasteiger partial charge in [-0.2, -0.15) is 9.78 Å². The molecule has 0 aromatic carbocycles. The summed E-state index contributed by atoms with van der Waals surface area (Å²) in [6.07, 6.45) is 4.63. The molecular weight excluding hydrogens is 352 g/mol. The summed E-state index contributed by atoms with van der Waals surface area (Å²) in [5, 5.41) is 17.7. The quantitative estimate of drug-likeness (QED) is 0.200. The van der Waals surface area contributed by atoms with Crippen LogP contribution in [0, 0.1) is 0 Å². The molecule has 0 heterocycles. The molecule has 1 aliphatic rings. The topological polar surface area (TPSA) is 114 Å². The summed E-state index contributed by atoms with van der Waals surface area (Å²) in [7, 11) is 2.83. The zero-order chi connectivity index (χ0) is 19.5. The van der Waals surface area contributed by atoms with Gasteiger partial charge in [-0.15, -0.1) is 0 Å². The largest absolute Gasteiger partial charge is 0.351 e. The van der Waals surface area contributed by atoms with E-state index >= 15 is 0 Å². The highest BCUT2D eigenvalue weighted by atomic mass is 17.3. The molecule has 10 nitrogen and oxygen atoms in total. The first kappa shape index (κ1) is 23.6. The second-order valence-electron chi connectivity index (χ2n) is 6.64. The molecule has 26 heavy (non-hydrogen) atoms. The number of rotatable bonds is 14. The van der Waals surface area contributed by atoms with Gasteiger partial charge < -0.3 is 9.47 Å². The highest BCUT2D eigenvalue weighted by molar-refractivity contribution is 4.73. The van der Waals surface area contributed by atoms with Crippen LogP contribution in [-0.2, 0) is 38.8 Å². The van der Waals surface area contributed by atoms with Crippen molar-refractivity contribution in [3.63, 3.8) is 0 Å². The third kappa shape index (κ3) is 7.69. The molecule has 1 saturated carbocycles. The Labute approximate surface area is 153 Å². The predicted molar refractivity (Wildman–Crippen MR) is 87.4 cm³/mol. The lowest BCUT2D eigenvalue weighted by atomic mass is 9.94. The maximum atomic E-state index is 8.83. The van der Waals surface area contributed by atoms with Gasteiger partial charge in [0.2, 0.25) is 17.4 Å².